The van der Waals surface area contributed by atoms with Crippen molar-refractivity contribution in [2.24, 2.45) is 0 Å². The minimum absolute atomic E-state index is 0.127. The van der Waals surface area contributed by atoms with Crippen molar-refractivity contribution in [3.05, 3.63) is 89.0 Å². The average molecular weight is 502 g/mol. The van der Waals surface area contributed by atoms with E-state index < -0.39 is 11.7 Å². The molecule has 0 atom stereocenters. The molecule has 1 saturated heterocycles. The summed E-state index contributed by atoms with van der Waals surface area (Å²) in [7, 11) is 0. The van der Waals surface area contributed by atoms with E-state index in [0.717, 1.165) is 36.2 Å². The normalized spacial score (nSPS) is 14.9. The summed E-state index contributed by atoms with van der Waals surface area (Å²) in [5.41, 5.74) is 2.13. The van der Waals surface area contributed by atoms with E-state index in [1.54, 1.807) is 30.2 Å². The highest BCUT2D eigenvalue weighted by atomic mass is 32.2. The van der Waals surface area contributed by atoms with Crippen LogP contribution in [-0.2, 0) is 23.3 Å². The minimum atomic E-state index is -4.39. The number of carbonyl (C=O) groups excluding carboxylic acids is 1. The molecule has 0 N–H and O–H groups in total. The molecule has 1 aliphatic rings. The monoisotopic (exact) mass is 501 g/mol. The third-order valence-corrected chi connectivity index (χ3v) is 7.50. The number of benzene rings is 2. The predicted octanol–water partition coefficient (Wildman–Crippen LogP) is 6.29. The highest BCUT2D eigenvalue weighted by molar-refractivity contribution is 7.98. The highest BCUT2D eigenvalue weighted by Crippen LogP contribution is 2.33. The van der Waals surface area contributed by atoms with E-state index in [1.807, 2.05) is 9.47 Å². The number of hydrogen-bond acceptors (Lipinski definition) is 3. The molecule has 3 aromatic rings. The lowest BCUT2D eigenvalue weighted by molar-refractivity contribution is -0.138. The van der Waals surface area contributed by atoms with Gasteiger partial charge in [-0.15, -0.1) is 0 Å². The molecule has 0 unspecified atom stereocenters. The number of imidazole rings is 1. The number of piperidine rings is 1. The number of likely N-dealkylation sites (tertiary alicyclic amines) is 1. The molecule has 0 bridgehead atoms. The Balaban J connectivity index is 1.27. The van der Waals surface area contributed by atoms with Crippen LogP contribution in [0.5, 0.6) is 0 Å². The van der Waals surface area contributed by atoms with E-state index in [4.69, 9.17) is 0 Å². The molecule has 186 valence electrons. The summed E-state index contributed by atoms with van der Waals surface area (Å²) in [6.07, 6.45) is 1.05. The molecule has 4 nitrogen and oxygen atoms in total. The molecule has 1 amide bonds. The second kappa shape index (κ2) is 11.3. The van der Waals surface area contributed by atoms with Gasteiger partial charge in [0.05, 0.1) is 5.56 Å². The fourth-order valence-electron chi connectivity index (χ4n) is 4.51. The number of amides is 1. The highest BCUT2D eigenvalue weighted by Gasteiger charge is 2.33. The number of halogens is 3. The number of nitrogens with zero attached hydrogens (tertiary/aromatic N) is 3. The molecule has 4 rings (SSSR count). The maximum atomic E-state index is 13.4. The molecule has 1 aromatic heterocycles. The summed E-state index contributed by atoms with van der Waals surface area (Å²) in [4.78, 5) is 19.1. The van der Waals surface area contributed by atoms with Gasteiger partial charge >= 0.3 is 6.18 Å². The van der Waals surface area contributed by atoms with Crippen molar-refractivity contribution in [3.63, 3.8) is 0 Å². The van der Waals surface area contributed by atoms with Gasteiger partial charge in [-0.1, -0.05) is 48.0 Å². The molecule has 0 radical (unpaired) electrons. The van der Waals surface area contributed by atoms with Gasteiger partial charge in [-0.25, -0.2) is 4.98 Å². The van der Waals surface area contributed by atoms with Crippen LogP contribution in [-0.4, -0.2) is 39.2 Å². The average Bonchev–Trinajstić information content (AvgIpc) is 3.30. The zero-order valence-corrected chi connectivity index (χ0v) is 20.6. The molecule has 2 heterocycles. The maximum Gasteiger partial charge on any atom is 0.416 e. The third-order valence-electron chi connectivity index (χ3n) is 6.47. The lowest BCUT2D eigenvalue weighted by atomic mass is 9.95. The summed E-state index contributed by atoms with van der Waals surface area (Å²) < 4.78 is 42.0. The Kier molecular flexibility index (Phi) is 8.21. The van der Waals surface area contributed by atoms with Crippen molar-refractivity contribution in [3.8, 4) is 0 Å². The van der Waals surface area contributed by atoms with Crippen LogP contribution in [0.2, 0.25) is 0 Å². The lowest BCUT2D eigenvalue weighted by Crippen LogP contribution is -2.38. The molecule has 0 spiro atoms. The van der Waals surface area contributed by atoms with Crippen LogP contribution in [0.15, 0.2) is 60.9 Å². The molecular weight excluding hydrogens is 471 g/mol. The molecule has 2 aromatic carbocycles. The Morgan fingerprint density at radius 2 is 1.80 bits per heavy atom. The Bertz CT molecular complexity index is 1120. The maximum absolute atomic E-state index is 13.4. The number of aryl methyl sites for hydroxylation is 1. The van der Waals surface area contributed by atoms with Crippen LogP contribution in [0.1, 0.15) is 53.3 Å². The van der Waals surface area contributed by atoms with Crippen LogP contribution in [0.25, 0.3) is 0 Å². The zero-order chi connectivity index (χ0) is 24.8. The minimum Gasteiger partial charge on any atom is -0.343 e. The van der Waals surface area contributed by atoms with E-state index >= 15 is 0 Å². The topological polar surface area (TPSA) is 38.1 Å². The first-order chi connectivity index (χ1) is 16.8. The second-order valence-electron chi connectivity index (χ2n) is 9.01. The fraction of sp³-hybridized carbons (Fsp3) is 0.407. The number of carbonyl (C=O) groups is 1. The first kappa shape index (κ1) is 25.4. The number of aromatic nitrogens is 2. The standard InChI is InChI=1S/C27H30F3N3OS/c1-20-6-8-21(9-7-20)19-35-17-12-25(34)32-14-10-22(11-15-32)26-31-13-16-33(26)18-23-4-2-3-5-24(23)27(28,29)30/h2-9,13,16,22H,10-12,14-15,17-19H2,1H3. The van der Waals surface area contributed by atoms with E-state index in [1.165, 1.54) is 23.3 Å². The lowest BCUT2D eigenvalue weighted by Gasteiger charge is -2.32. The van der Waals surface area contributed by atoms with Crippen LogP contribution in [0.3, 0.4) is 0 Å². The zero-order valence-electron chi connectivity index (χ0n) is 19.8. The van der Waals surface area contributed by atoms with E-state index in [-0.39, 0.29) is 23.9 Å². The Morgan fingerprint density at radius 1 is 1.09 bits per heavy atom. The van der Waals surface area contributed by atoms with Crippen LogP contribution < -0.4 is 0 Å². The molecule has 1 aliphatic heterocycles. The van der Waals surface area contributed by atoms with Gasteiger partial charge in [0.15, 0.2) is 0 Å². The van der Waals surface area contributed by atoms with Crippen LogP contribution >= 0.6 is 11.8 Å². The Hall–Kier alpha value is -2.74. The van der Waals surface area contributed by atoms with Crippen molar-refractivity contribution < 1.29 is 18.0 Å². The van der Waals surface area contributed by atoms with Crippen molar-refractivity contribution in [2.75, 3.05) is 18.8 Å². The summed E-state index contributed by atoms with van der Waals surface area (Å²) in [6.45, 7) is 3.50. The van der Waals surface area contributed by atoms with E-state index in [2.05, 4.69) is 36.2 Å². The quantitative estimate of drug-likeness (QED) is 0.341. The second-order valence-corrected chi connectivity index (χ2v) is 10.1. The number of thioether (sulfide) groups is 1. The first-order valence-electron chi connectivity index (χ1n) is 11.9. The van der Waals surface area contributed by atoms with Gasteiger partial charge in [-0.3, -0.25) is 4.79 Å². The Labute approximate surface area is 208 Å². The van der Waals surface area contributed by atoms with Gasteiger partial charge in [-0.05, 0) is 37.0 Å². The molecule has 35 heavy (non-hydrogen) atoms. The van der Waals surface area contributed by atoms with E-state index in [9.17, 15) is 18.0 Å². The summed E-state index contributed by atoms with van der Waals surface area (Å²) >= 11 is 1.77. The van der Waals surface area contributed by atoms with Crippen molar-refractivity contribution in [2.45, 2.75) is 50.6 Å². The summed E-state index contributed by atoms with van der Waals surface area (Å²) in [6, 6.07) is 14.1. The molecular formula is C27H30F3N3OS. The smallest absolute Gasteiger partial charge is 0.343 e. The number of rotatable bonds is 8. The third kappa shape index (κ3) is 6.69. The van der Waals surface area contributed by atoms with Crippen LogP contribution in [0, 0.1) is 6.92 Å². The summed E-state index contributed by atoms with van der Waals surface area (Å²) in [5, 5.41) is 0. The molecule has 0 aliphatic carbocycles. The summed E-state index contributed by atoms with van der Waals surface area (Å²) in [5.74, 6) is 2.78. The van der Waals surface area contributed by atoms with Crippen LogP contribution in [0.4, 0.5) is 13.2 Å². The number of hydrogen-bond donors (Lipinski definition) is 0. The molecule has 0 saturated carbocycles. The van der Waals surface area contributed by atoms with Gasteiger partial charge in [0.25, 0.3) is 0 Å². The largest absolute Gasteiger partial charge is 0.416 e. The van der Waals surface area contributed by atoms with Crippen molar-refractivity contribution >= 4 is 17.7 Å². The first-order valence-corrected chi connectivity index (χ1v) is 13.0. The van der Waals surface area contributed by atoms with Gasteiger partial charge in [0.1, 0.15) is 5.82 Å². The predicted molar refractivity (Wildman–Crippen MR) is 133 cm³/mol. The van der Waals surface area contributed by atoms with E-state index in [0.29, 0.717) is 19.5 Å². The Morgan fingerprint density at radius 3 is 2.51 bits per heavy atom. The van der Waals surface area contributed by atoms with Crippen molar-refractivity contribution in [1.29, 1.82) is 0 Å². The van der Waals surface area contributed by atoms with Gasteiger partial charge in [0, 0.05) is 55.9 Å². The van der Waals surface area contributed by atoms with Crippen molar-refractivity contribution in [1.82, 2.24) is 14.5 Å². The molecule has 8 heteroatoms. The van der Waals surface area contributed by atoms with Gasteiger partial charge in [-0.2, -0.15) is 24.9 Å². The van der Waals surface area contributed by atoms with Gasteiger partial charge in [0.2, 0.25) is 5.91 Å². The fourth-order valence-corrected chi connectivity index (χ4v) is 5.40. The molecule has 1 fully saturated rings. The van der Waals surface area contributed by atoms with Gasteiger partial charge < -0.3 is 9.47 Å². The number of alkyl halides is 3. The SMILES string of the molecule is Cc1ccc(CSCCC(=O)N2CCC(c3nccn3Cc3ccccc3C(F)(F)F)CC2)cc1.